The van der Waals surface area contributed by atoms with E-state index in [4.69, 9.17) is 4.98 Å². The summed E-state index contributed by atoms with van der Waals surface area (Å²) in [6, 6.07) is 18.9. The standard InChI is InChI=1S/C23H21N5OS/c29-23-25-10-12-28(23)11-9-24-22-26-15-19(21(27-22)20-6-3-13-30-20)18-8-7-16-4-1-2-5-17(16)14-18/h1-8,13-15H,9-12H2,(H,25,29)(H,24,26,27). The van der Waals surface area contributed by atoms with Gasteiger partial charge < -0.3 is 15.5 Å². The number of hydrogen-bond acceptors (Lipinski definition) is 5. The van der Waals surface area contributed by atoms with E-state index in [1.807, 2.05) is 12.3 Å². The number of nitrogens with zero attached hydrogens (tertiary/aromatic N) is 3. The zero-order chi connectivity index (χ0) is 20.3. The third-order valence-corrected chi connectivity index (χ3v) is 6.09. The van der Waals surface area contributed by atoms with Gasteiger partial charge in [0.1, 0.15) is 0 Å². The summed E-state index contributed by atoms with van der Waals surface area (Å²) in [6.45, 7) is 2.67. The molecule has 5 rings (SSSR count). The minimum Gasteiger partial charge on any atom is -0.352 e. The van der Waals surface area contributed by atoms with E-state index in [1.54, 1.807) is 16.2 Å². The number of urea groups is 1. The molecule has 0 unspecified atom stereocenters. The molecular formula is C23H21N5OS. The SMILES string of the molecule is O=C1NCCN1CCNc1ncc(-c2ccc3ccccc3c2)c(-c2cccs2)n1. The van der Waals surface area contributed by atoms with Crippen LogP contribution in [0.4, 0.5) is 10.7 Å². The van der Waals surface area contributed by atoms with Gasteiger partial charge in [-0.25, -0.2) is 14.8 Å². The minimum atomic E-state index is -0.0105. The molecule has 0 atom stereocenters. The molecule has 1 aliphatic rings. The van der Waals surface area contributed by atoms with Crippen LogP contribution >= 0.6 is 11.3 Å². The van der Waals surface area contributed by atoms with E-state index in [0.29, 0.717) is 25.6 Å². The van der Waals surface area contributed by atoms with Gasteiger partial charge in [0, 0.05) is 37.9 Å². The normalized spacial score (nSPS) is 13.6. The lowest BCUT2D eigenvalue weighted by Gasteiger charge is -2.15. The highest BCUT2D eigenvalue weighted by Gasteiger charge is 2.19. The first-order valence-corrected chi connectivity index (χ1v) is 10.8. The van der Waals surface area contributed by atoms with Crippen molar-refractivity contribution in [1.29, 1.82) is 0 Å². The predicted octanol–water partition coefficient (Wildman–Crippen LogP) is 4.46. The predicted molar refractivity (Wildman–Crippen MR) is 122 cm³/mol. The van der Waals surface area contributed by atoms with Crippen LogP contribution in [-0.2, 0) is 0 Å². The summed E-state index contributed by atoms with van der Waals surface area (Å²) < 4.78 is 0. The van der Waals surface area contributed by atoms with Gasteiger partial charge in [-0.05, 0) is 33.8 Å². The molecule has 0 bridgehead atoms. The molecule has 3 heterocycles. The molecule has 2 amide bonds. The third kappa shape index (κ3) is 3.71. The number of amides is 2. The number of aromatic nitrogens is 2. The molecule has 2 N–H and O–H groups in total. The van der Waals surface area contributed by atoms with Crippen molar-refractivity contribution in [1.82, 2.24) is 20.2 Å². The van der Waals surface area contributed by atoms with Crippen molar-refractivity contribution in [3.63, 3.8) is 0 Å². The fourth-order valence-corrected chi connectivity index (χ4v) is 4.39. The summed E-state index contributed by atoms with van der Waals surface area (Å²) in [5.74, 6) is 0.572. The van der Waals surface area contributed by atoms with Crippen molar-refractivity contribution in [2.45, 2.75) is 0 Å². The fourth-order valence-electron chi connectivity index (χ4n) is 3.66. The maximum Gasteiger partial charge on any atom is 0.317 e. The summed E-state index contributed by atoms with van der Waals surface area (Å²) in [4.78, 5) is 23.9. The Morgan fingerprint density at radius 1 is 1.10 bits per heavy atom. The molecule has 7 heteroatoms. The molecule has 1 fully saturated rings. The summed E-state index contributed by atoms with van der Waals surface area (Å²) >= 11 is 1.66. The summed E-state index contributed by atoms with van der Waals surface area (Å²) in [5.41, 5.74) is 3.02. The molecule has 2 aromatic heterocycles. The number of anilines is 1. The zero-order valence-corrected chi connectivity index (χ0v) is 17.2. The maximum absolute atomic E-state index is 11.7. The molecule has 6 nitrogen and oxygen atoms in total. The van der Waals surface area contributed by atoms with Crippen LogP contribution in [0.3, 0.4) is 0 Å². The van der Waals surface area contributed by atoms with E-state index in [9.17, 15) is 4.79 Å². The maximum atomic E-state index is 11.7. The first kappa shape index (κ1) is 18.6. The highest BCUT2D eigenvalue weighted by Crippen LogP contribution is 2.34. The molecule has 150 valence electrons. The van der Waals surface area contributed by atoms with Crippen molar-refractivity contribution in [3.05, 3.63) is 66.2 Å². The topological polar surface area (TPSA) is 70.2 Å². The molecule has 1 saturated heterocycles. The molecule has 2 aromatic carbocycles. The Kier molecular flexibility index (Phi) is 5.03. The number of hydrogen-bond donors (Lipinski definition) is 2. The number of thiophene rings is 1. The van der Waals surface area contributed by atoms with Crippen LogP contribution < -0.4 is 10.6 Å². The van der Waals surface area contributed by atoms with E-state index in [2.05, 4.69) is 69.5 Å². The van der Waals surface area contributed by atoms with E-state index in [-0.39, 0.29) is 6.03 Å². The Morgan fingerprint density at radius 3 is 2.80 bits per heavy atom. The molecule has 30 heavy (non-hydrogen) atoms. The van der Waals surface area contributed by atoms with Gasteiger partial charge in [-0.15, -0.1) is 11.3 Å². The van der Waals surface area contributed by atoms with Gasteiger partial charge in [-0.2, -0.15) is 0 Å². The molecule has 4 aromatic rings. The van der Waals surface area contributed by atoms with Crippen molar-refractivity contribution in [3.8, 4) is 21.7 Å². The summed E-state index contributed by atoms with van der Waals surface area (Å²) in [5, 5.41) is 10.5. The van der Waals surface area contributed by atoms with Crippen LogP contribution in [0.15, 0.2) is 66.2 Å². The Balaban J connectivity index is 1.44. The van der Waals surface area contributed by atoms with Crippen LogP contribution in [0.5, 0.6) is 0 Å². The lowest BCUT2D eigenvalue weighted by Crippen LogP contribution is -2.32. The molecule has 0 saturated carbocycles. The number of carbonyl (C=O) groups excluding carboxylic acids is 1. The van der Waals surface area contributed by atoms with Crippen LogP contribution in [0.2, 0.25) is 0 Å². The number of carbonyl (C=O) groups is 1. The number of nitrogens with one attached hydrogen (secondary N) is 2. The highest BCUT2D eigenvalue weighted by molar-refractivity contribution is 7.13. The van der Waals surface area contributed by atoms with Gasteiger partial charge in [0.2, 0.25) is 5.95 Å². The monoisotopic (exact) mass is 415 g/mol. The van der Waals surface area contributed by atoms with Crippen molar-refractivity contribution in [2.24, 2.45) is 0 Å². The number of rotatable bonds is 6. The van der Waals surface area contributed by atoms with Gasteiger partial charge in [-0.3, -0.25) is 0 Å². The van der Waals surface area contributed by atoms with Crippen LogP contribution in [0.1, 0.15) is 0 Å². The second-order valence-corrected chi connectivity index (χ2v) is 8.09. The number of fused-ring (bicyclic) bond motifs is 1. The smallest absolute Gasteiger partial charge is 0.317 e. The Hall–Kier alpha value is -3.45. The molecule has 0 aliphatic carbocycles. The summed E-state index contributed by atoms with van der Waals surface area (Å²) in [7, 11) is 0. The Morgan fingerprint density at radius 2 is 2.00 bits per heavy atom. The Bertz CT molecular complexity index is 1190. The molecule has 1 aliphatic heterocycles. The second-order valence-electron chi connectivity index (χ2n) is 7.14. The lowest BCUT2D eigenvalue weighted by molar-refractivity contribution is 0.219. The van der Waals surface area contributed by atoms with Crippen molar-refractivity contribution < 1.29 is 4.79 Å². The van der Waals surface area contributed by atoms with Crippen LogP contribution in [0.25, 0.3) is 32.5 Å². The van der Waals surface area contributed by atoms with Crippen molar-refractivity contribution >= 4 is 34.1 Å². The molecular weight excluding hydrogens is 394 g/mol. The van der Waals surface area contributed by atoms with E-state index < -0.39 is 0 Å². The average molecular weight is 416 g/mol. The third-order valence-electron chi connectivity index (χ3n) is 5.21. The van der Waals surface area contributed by atoms with Gasteiger partial charge in [-0.1, -0.05) is 42.5 Å². The second kappa shape index (κ2) is 8.12. The zero-order valence-electron chi connectivity index (χ0n) is 16.3. The summed E-state index contributed by atoms with van der Waals surface area (Å²) in [6.07, 6.45) is 1.89. The van der Waals surface area contributed by atoms with Gasteiger partial charge in [0.15, 0.2) is 0 Å². The van der Waals surface area contributed by atoms with Gasteiger partial charge in [0.25, 0.3) is 0 Å². The number of benzene rings is 2. The van der Waals surface area contributed by atoms with Gasteiger partial charge >= 0.3 is 6.03 Å². The Labute approximate surface area is 178 Å². The highest BCUT2D eigenvalue weighted by atomic mass is 32.1. The van der Waals surface area contributed by atoms with Crippen LogP contribution in [0, 0.1) is 0 Å². The quantitative estimate of drug-likeness (QED) is 0.488. The molecule has 0 spiro atoms. The van der Waals surface area contributed by atoms with E-state index >= 15 is 0 Å². The van der Waals surface area contributed by atoms with E-state index in [1.165, 1.54) is 10.8 Å². The fraction of sp³-hybridized carbons (Fsp3) is 0.174. The first-order chi connectivity index (χ1) is 14.8. The van der Waals surface area contributed by atoms with Crippen molar-refractivity contribution in [2.75, 3.05) is 31.5 Å². The van der Waals surface area contributed by atoms with E-state index in [0.717, 1.165) is 28.2 Å². The molecule has 0 radical (unpaired) electrons. The minimum absolute atomic E-state index is 0.0105. The van der Waals surface area contributed by atoms with Gasteiger partial charge in [0.05, 0.1) is 10.6 Å². The van der Waals surface area contributed by atoms with Crippen LogP contribution in [-0.4, -0.2) is 47.1 Å². The first-order valence-electron chi connectivity index (χ1n) is 9.95. The lowest BCUT2D eigenvalue weighted by atomic mass is 10.0. The average Bonchev–Trinajstić information content (AvgIpc) is 3.46. The largest absolute Gasteiger partial charge is 0.352 e.